The van der Waals surface area contributed by atoms with Gasteiger partial charge in [-0.2, -0.15) is 5.26 Å². The van der Waals surface area contributed by atoms with Gasteiger partial charge in [0.15, 0.2) is 0 Å². The van der Waals surface area contributed by atoms with Crippen molar-refractivity contribution in [3.05, 3.63) is 0 Å². The molecule has 0 bridgehead atoms. The summed E-state index contributed by atoms with van der Waals surface area (Å²) in [6.45, 7) is 8.77. The summed E-state index contributed by atoms with van der Waals surface area (Å²) >= 11 is 0. The van der Waals surface area contributed by atoms with Crippen LogP contribution in [-0.4, -0.2) is 12.5 Å². The number of carbonyl (C=O) groups excluding carboxylic acids is 1. The van der Waals surface area contributed by atoms with Gasteiger partial charge in [-0.25, -0.2) is 0 Å². The Morgan fingerprint density at radius 3 is 2.43 bits per heavy atom. The number of nitrogens with one attached hydrogen (secondary N) is 1. The average Bonchev–Trinajstić information content (AvgIpc) is 2.17. The quantitative estimate of drug-likeness (QED) is 0.732. The molecule has 3 heteroatoms. The van der Waals surface area contributed by atoms with Crippen LogP contribution in [0.1, 0.15) is 40.5 Å². The summed E-state index contributed by atoms with van der Waals surface area (Å²) in [6, 6.07) is 1.99. The topological polar surface area (TPSA) is 52.9 Å². The number of nitrogens with zero attached hydrogens (tertiary/aromatic N) is 1. The minimum absolute atomic E-state index is 0.114. The van der Waals surface area contributed by atoms with Crippen LogP contribution in [0.3, 0.4) is 0 Å². The van der Waals surface area contributed by atoms with Crippen molar-refractivity contribution in [1.82, 2.24) is 5.32 Å². The van der Waals surface area contributed by atoms with Gasteiger partial charge in [-0.1, -0.05) is 27.7 Å². The SMILES string of the molecule is CCC(C#N)C(=O)NCC(C)(C)CC. The predicted octanol–water partition coefficient (Wildman–Crippen LogP) is 2.09. The summed E-state index contributed by atoms with van der Waals surface area (Å²) in [6.07, 6.45) is 1.59. The zero-order valence-corrected chi connectivity index (χ0v) is 9.55. The first-order chi connectivity index (χ1) is 6.46. The van der Waals surface area contributed by atoms with Gasteiger partial charge in [0.25, 0.3) is 0 Å². The Morgan fingerprint density at radius 1 is 1.50 bits per heavy atom. The van der Waals surface area contributed by atoms with Crippen LogP contribution in [0.25, 0.3) is 0 Å². The normalized spacial score (nSPS) is 13.1. The third kappa shape index (κ3) is 4.27. The molecule has 0 aromatic carbocycles. The molecule has 0 saturated carbocycles. The van der Waals surface area contributed by atoms with Crippen LogP contribution < -0.4 is 5.32 Å². The van der Waals surface area contributed by atoms with Gasteiger partial charge >= 0.3 is 0 Å². The molecule has 0 aliphatic heterocycles. The third-order valence-corrected chi connectivity index (χ3v) is 2.58. The fourth-order valence-electron chi connectivity index (χ4n) is 0.910. The van der Waals surface area contributed by atoms with Gasteiger partial charge in [0.1, 0.15) is 5.92 Å². The molecule has 0 aliphatic rings. The second-order valence-electron chi connectivity index (χ2n) is 4.33. The smallest absolute Gasteiger partial charge is 0.237 e. The number of hydrogen-bond donors (Lipinski definition) is 1. The molecule has 80 valence electrons. The van der Waals surface area contributed by atoms with E-state index in [0.717, 1.165) is 6.42 Å². The minimum atomic E-state index is -0.498. The predicted molar refractivity (Wildman–Crippen MR) is 56.5 cm³/mol. The van der Waals surface area contributed by atoms with E-state index in [2.05, 4.69) is 26.1 Å². The van der Waals surface area contributed by atoms with E-state index in [-0.39, 0.29) is 11.3 Å². The molecule has 0 aromatic rings. The Morgan fingerprint density at radius 2 is 2.07 bits per heavy atom. The van der Waals surface area contributed by atoms with Gasteiger partial charge in [-0.3, -0.25) is 4.79 Å². The van der Waals surface area contributed by atoms with Gasteiger partial charge in [-0.05, 0) is 18.3 Å². The van der Waals surface area contributed by atoms with Gasteiger partial charge in [0, 0.05) is 6.54 Å². The molecular formula is C11H20N2O. The van der Waals surface area contributed by atoms with Crippen molar-refractivity contribution in [2.45, 2.75) is 40.5 Å². The molecule has 14 heavy (non-hydrogen) atoms. The molecule has 0 aliphatic carbocycles. The van der Waals surface area contributed by atoms with Gasteiger partial charge in [0.05, 0.1) is 6.07 Å². The Kier molecular flexibility index (Phi) is 5.22. The van der Waals surface area contributed by atoms with Crippen LogP contribution in [0.4, 0.5) is 0 Å². The lowest BCUT2D eigenvalue weighted by atomic mass is 9.90. The van der Waals surface area contributed by atoms with E-state index in [9.17, 15) is 4.79 Å². The lowest BCUT2D eigenvalue weighted by Gasteiger charge is -2.23. The van der Waals surface area contributed by atoms with Crippen molar-refractivity contribution in [3.63, 3.8) is 0 Å². The molecule has 1 unspecified atom stereocenters. The van der Waals surface area contributed by atoms with Crippen molar-refractivity contribution in [3.8, 4) is 6.07 Å². The molecule has 0 heterocycles. The van der Waals surface area contributed by atoms with Gasteiger partial charge in [0.2, 0.25) is 5.91 Å². The highest BCUT2D eigenvalue weighted by Gasteiger charge is 2.19. The van der Waals surface area contributed by atoms with Crippen LogP contribution in [-0.2, 0) is 4.79 Å². The van der Waals surface area contributed by atoms with E-state index < -0.39 is 5.92 Å². The fourth-order valence-corrected chi connectivity index (χ4v) is 0.910. The largest absolute Gasteiger partial charge is 0.354 e. The Labute approximate surface area is 86.5 Å². The fraction of sp³-hybridized carbons (Fsp3) is 0.818. The molecule has 0 aromatic heterocycles. The summed E-state index contributed by atoms with van der Waals surface area (Å²) in [5.74, 6) is -0.640. The van der Waals surface area contributed by atoms with E-state index >= 15 is 0 Å². The summed E-state index contributed by atoms with van der Waals surface area (Å²) in [4.78, 5) is 11.4. The van der Waals surface area contributed by atoms with Gasteiger partial charge in [-0.15, -0.1) is 0 Å². The van der Waals surface area contributed by atoms with Crippen LogP contribution in [0.2, 0.25) is 0 Å². The highest BCUT2D eigenvalue weighted by molar-refractivity contribution is 5.80. The van der Waals surface area contributed by atoms with E-state index in [1.807, 2.05) is 13.0 Å². The van der Waals surface area contributed by atoms with Crippen molar-refractivity contribution in [2.75, 3.05) is 6.54 Å². The third-order valence-electron chi connectivity index (χ3n) is 2.58. The monoisotopic (exact) mass is 196 g/mol. The molecule has 0 rings (SSSR count). The zero-order chi connectivity index (χ0) is 11.2. The second kappa shape index (κ2) is 5.64. The summed E-state index contributed by atoms with van der Waals surface area (Å²) in [5, 5.41) is 11.5. The summed E-state index contributed by atoms with van der Waals surface area (Å²) in [5.41, 5.74) is 0.114. The number of nitriles is 1. The molecule has 0 radical (unpaired) electrons. The molecule has 1 amide bonds. The summed E-state index contributed by atoms with van der Waals surface area (Å²) < 4.78 is 0. The molecular weight excluding hydrogens is 176 g/mol. The van der Waals surface area contributed by atoms with Crippen molar-refractivity contribution < 1.29 is 4.79 Å². The standard InChI is InChI=1S/C11H20N2O/c1-5-9(7-12)10(14)13-8-11(3,4)6-2/h9H,5-6,8H2,1-4H3,(H,13,14). The van der Waals surface area contributed by atoms with Crippen molar-refractivity contribution >= 4 is 5.91 Å². The minimum Gasteiger partial charge on any atom is -0.354 e. The van der Waals surface area contributed by atoms with Crippen molar-refractivity contribution in [1.29, 1.82) is 5.26 Å². The Balaban J connectivity index is 4.03. The van der Waals surface area contributed by atoms with Crippen LogP contribution in [0, 0.1) is 22.7 Å². The van der Waals surface area contributed by atoms with E-state index in [4.69, 9.17) is 5.26 Å². The zero-order valence-electron chi connectivity index (χ0n) is 9.55. The Hall–Kier alpha value is -1.04. The van der Waals surface area contributed by atoms with E-state index in [0.29, 0.717) is 13.0 Å². The molecule has 1 atom stereocenters. The highest BCUT2D eigenvalue weighted by Crippen LogP contribution is 2.17. The number of carbonyl (C=O) groups is 1. The van der Waals surface area contributed by atoms with Gasteiger partial charge < -0.3 is 5.32 Å². The van der Waals surface area contributed by atoms with Crippen LogP contribution in [0.5, 0.6) is 0 Å². The maximum absolute atomic E-state index is 11.4. The Bertz CT molecular complexity index is 228. The molecule has 3 nitrogen and oxygen atoms in total. The van der Waals surface area contributed by atoms with E-state index in [1.165, 1.54) is 0 Å². The first kappa shape index (κ1) is 13.0. The summed E-state index contributed by atoms with van der Waals surface area (Å²) in [7, 11) is 0. The molecule has 0 saturated heterocycles. The number of hydrogen-bond acceptors (Lipinski definition) is 2. The maximum atomic E-state index is 11.4. The second-order valence-corrected chi connectivity index (χ2v) is 4.33. The van der Waals surface area contributed by atoms with Crippen LogP contribution in [0.15, 0.2) is 0 Å². The first-order valence-electron chi connectivity index (χ1n) is 5.14. The van der Waals surface area contributed by atoms with Crippen LogP contribution >= 0.6 is 0 Å². The number of rotatable bonds is 5. The lowest BCUT2D eigenvalue weighted by Crippen LogP contribution is -2.36. The lowest BCUT2D eigenvalue weighted by molar-refractivity contribution is -0.123. The first-order valence-corrected chi connectivity index (χ1v) is 5.14. The molecule has 0 fully saturated rings. The average molecular weight is 196 g/mol. The molecule has 0 spiro atoms. The number of amides is 1. The maximum Gasteiger partial charge on any atom is 0.237 e. The molecule has 1 N–H and O–H groups in total. The van der Waals surface area contributed by atoms with E-state index in [1.54, 1.807) is 0 Å². The van der Waals surface area contributed by atoms with Crippen molar-refractivity contribution in [2.24, 2.45) is 11.3 Å². The highest BCUT2D eigenvalue weighted by atomic mass is 16.1.